The van der Waals surface area contributed by atoms with E-state index < -0.39 is 0 Å². The predicted molar refractivity (Wildman–Crippen MR) is 144 cm³/mol. The molecule has 0 unspecified atom stereocenters. The Morgan fingerprint density at radius 3 is 2.81 bits per heavy atom. The standard InChI is InChI=1S/C31H38N2O2S/c1-4-35-29-24(17-32)23(19-11-14-36-18-19)16-28(33-29)27-8-7-25-22-6-5-20-15-21(34)9-12-30(20,2)26(22)10-13-31(25,27)3/h5,11,14,16,18,21-22,25-27,34H,4,6-10,12-13,15H2,1-3H3/t21-,22-,25-,26-,27+,30-,31-/m0/s1. The van der Waals surface area contributed by atoms with E-state index >= 15 is 0 Å². The first kappa shape index (κ1) is 24.2. The molecule has 4 aliphatic rings. The molecule has 0 saturated heterocycles. The molecule has 3 saturated carbocycles. The maximum atomic E-state index is 10.3. The number of aliphatic hydroxyl groups excluding tert-OH is 1. The molecule has 0 bridgehead atoms. The van der Waals surface area contributed by atoms with E-state index in [-0.39, 0.29) is 16.9 Å². The molecule has 5 heteroatoms. The van der Waals surface area contributed by atoms with Crippen molar-refractivity contribution in [1.82, 2.24) is 4.98 Å². The highest BCUT2D eigenvalue weighted by molar-refractivity contribution is 7.08. The second-order valence-corrected chi connectivity index (χ2v) is 12.9. The van der Waals surface area contributed by atoms with Crippen LogP contribution >= 0.6 is 11.3 Å². The topological polar surface area (TPSA) is 66.1 Å². The number of rotatable bonds is 4. The van der Waals surface area contributed by atoms with Gasteiger partial charge >= 0.3 is 0 Å². The zero-order chi connectivity index (χ0) is 25.1. The molecule has 4 nitrogen and oxygen atoms in total. The average Bonchev–Trinajstić information content (AvgIpc) is 3.52. The lowest BCUT2D eigenvalue weighted by Gasteiger charge is -2.58. The van der Waals surface area contributed by atoms with Crippen LogP contribution in [0.15, 0.2) is 34.5 Å². The number of nitrogens with zero attached hydrogens (tertiary/aromatic N) is 2. The first-order chi connectivity index (χ1) is 17.4. The molecule has 2 heterocycles. The molecule has 4 aliphatic carbocycles. The van der Waals surface area contributed by atoms with E-state index in [1.54, 1.807) is 11.3 Å². The van der Waals surface area contributed by atoms with Crippen LogP contribution in [0.25, 0.3) is 11.1 Å². The van der Waals surface area contributed by atoms with Crippen LogP contribution in [0.1, 0.15) is 89.3 Å². The Labute approximate surface area is 219 Å². The van der Waals surface area contributed by atoms with Gasteiger partial charge in [0.2, 0.25) is 5.88 Å². The van der Waals surface area contributed by atoms with Crippen molar-refractivity contribution in [3.05, 3.63) is 45.8 Å². The monoisotopic (exact) mass is 502 g/mol. The van der Waals surface area contributed by atoms with Gasteiger partial charge in [-0.1, -0.05) is 25.5 Å². The van der Waals surface area contributed by atoms with Crippen molar-refractivity contribution in [2.24, 2.45) is 28.6 Å². The molecule has 0 amide bonds. The number of nitriles is 1. The number of thiophene rings is 1. The second kappa shape index (κ2) is 8.99. The molecule has 36 heavy (non-hydrogen) atoms. The Kier molecular flexibility index (Phi) is 6.04. The molecule has 3 fully saturated rings. The minimum Gasteiger partial charge on any atom is -0.477 e. The number of hydrogen-bond donors (Lipinski definition) is 1. The van der Waals surface area contributed by atoms with Gasteiger partial charge in [0.1, 0.15) is 11.6 Å². The predicted octanol–water partition coefficient (Wildman–Crippen LogP) is 7.49. The van der Waals surface area contributed by atoms with Gasteiger partial charge in [-0.3, -0.25) is 0 Å². The molecule has 0 aromatic carbocycles. The number of allylic oxidation sites excluding steroid dienone is 1. The van der Waals surface area contributed by atoms with Crippen molar-refractivity contribution in [1.29, 1.82) is 5.26 Å². The maximum Gasteiger partial charge on any atom is 0.232 e. The first-order valence-corrected chi connectivity index (χ1v) is 14.8. The summed E-state index contributed by atoms with van der Waals surface area (Å²) in [4.78, 5) is 5.03. The van der Waals surface area contributed by atoms with Crippen LogP contribution in [0.2, 0.25) is 0 Å². The molecule has 2 aromatic rings. The van der Waals surface area contributed by atoms with Gasteiger partial charge in [-0.2, -0.15) is 16.6 Å². The molecule has 6 rings (SSSR count). The van der Waals surface area contributed by atoms with Gasteiger partial charge in [0, 0.05) is 17.2 Å². The highest BCUT2D eigenvalue weighted by atomic mass is 32.1. The Hall–Kier alpha value is -2.16. The van der Waals surface area contributed by atoms with Crippen LogP contribution in [-0.2, 0) is 0 Å². The summed E-state index contributed by atoms with van der Waals surface area (Å²) in [5.74, 6) is 3.03. The van der Waals surface area contributed by atoms with Crippen LogP contribution in [0.4, 0.5) is 0 Å². The SMILES string of the molecule is CCOc1nc([C@H]2CC[C@H]3[C@@H]4CC=C5C[C@@H](O)CC[C@]5(C)[C@H]4CC[C@]23C)cc(-c2ccsc2)c1C#N. The zero-order valence-corrected chi connectivity index (χ0v) is 22.6. The van der Waals surface area contributed by atoms with Crippen molar-refractivity contribution in [2.45, 2.75) is 84.2 Å². The van der Waals surface area contributed by atoms with E-state index in [4.69, 9.17) is 9.72 Å². The minimum absolute atomic E-state index is 0.148. The van der Waals surface area contributed by atoms with Crippen molar-refractivity contribution in [3.8, 4) is 23.1 Å². The molecule has 1 N–H and O–H groups in total. The van der Waals surface area contributed by atoms with Gasteiger partial charge in [-0.15, -0.1) is 0 Å². The van der Waals surface area contributed by atoms with Gasteiger partial charge in [-0.05, 0) is 115 Å². The van der Waals surface area contributed by atoms with Crippen molar-refractivity contribution in [2.75, 3.05) is 6.61 Å². The summed E-state index contributed by atoms with van der Waals surface area (Å²) < 4.78 is 5.94. The van der Waals surface area contributed by atoms with Gasteiger partial charge < -0.3 is 9.84 Å². The van der Waals surface area contributed by atoms with Crippen LogP contribution < -0.4 is 4.74 Å². The van der Waals surface area contributed by atoms with E-state index in [1.807, 2.05) is 6.92 Å². The number of hydrogen-bond acceptors (Lipinski definition) is 5. The molecule has 7 atom stereocenters. The third-order valence-electron chi connectivity index (χ3n) is 10.7. The molecular weight excluding hydrogens is 464 g/mol. The fourth-order valence-electron chi connectivity index (χ4n) is 8.84. The smallest absolute Gasteiger partial charge is 0.232 e. The fraction of sp³-hybridized carbons (Fsp3) is 0.613. The summed E-state index contributed by atoms with van der Waals surface area (Å²) >= 11 is 1.66. The lowest BCUT2D eigenvalue weighted by molar-refractivity contribution is -0.0412. The quantitative estimate of drug-likeness (QED) is 0.440. The third-order valence-corrected chi connectivity index (χ3v) is 11.3. The van der Waals surface area contributed by atoms with Crippen LogP contribution in [0.3, 0.4) is 0 Å². The minimum atomic E-state index is -0.148. The number of pyridine rings is 1. The Balaban J connectivity index is 1.37. The lowest BCUT2D eigenvalue weighted by atomic mass is 9.47. The molecular formula is C31H38N2O2S. The van der Waals surface area contributed by atoms with Gasteiger partial charge in [0.25, 0.3) is 0 Å². The van der Waals surface area contributed by atoms with Gasteiger partial charge in [0.05, 0.1) is 12.7 Å². The first-order valence-electron chi connectivity index (χ1n) is 13.9. The van der Waals surface area contributed by atoms with Crippen LogP contribution in [0.5, 0.6) is 5.88 Å². The van der Waals surface area contributed by atoms with E-state index in [1.165, 1.54) is 31.3 Å². The Morgan fingerprint density at radius 2 is 2.06 bits per heavy atom. The summed E-state index contributed by atoms with van der Waals surface area (Å²) in [6.07, 6.45) is 11.4. The molecule has 190 valence electrons. The fourth-order valence-corrected chi connectivity index (χ4v) is 9.50. The number of ether oxygens (including phenoxy) is 1. The van der Waals surface area contributed by atoms with Crippen molar-refractivity contribution in [3.63, 3.8) is 0 Å². The van der Waals surface area contributed by atoms with E-state index in [0.29, 0.717) is 29.9 Å². The van der Waals surface area contributed by atoms with Crippen LogP contribution in [0, 0.1) is 39.9 Å². The summed E-state index contributed by atoms with van der Waals surface area (Å²) in [5, 5.41) is 24.5. The Morgan fingerprint density at radius 1 is 1.19 bits per heavy atom. The summed E-state index contributed by atoms with van der Waals surface area (Å²) in [5.41, 5.74) is 5.74. The average molecular weight is 503 g/mol. The van der Waals surface area contributed by atoms with E-state index in [9.17, 15) is 10.4 Å². The maximum absolute atomic E-state index is 10.3. The number of aromatic nitrogens is 1. The molecule has 0 aliphatic heterocycles. The van der Waals surface area contributed by atoms with E-state index in [2.05, 4.69) is 48.9 Å². The van der Waals surface area contributed by atoms with Gasteiger partial charge in [0.15, 0.2) is 0 Å². The molecule has 0 spiro atoms. The van der Waals surface area contributed by atoms with Crippen molar-refractivity contribution >= 4 is 11.3 Å². The highest BCUT2D eigenvalue weighted by Crippen LogP contribution is 2.68. The molecule has 2 aromatic heterocycles. The Bertz CT molecular complexity index is 1210. The summed E-state index contributed by atoms with van der Waals surface area (Å²) in [6.45, 7) is 7.50. The number of aliphatic hydroxyl groups is 1. The van der Waals surface area contributed by atoms with Gasteiger partial charge in [-0.25, -0.2) is 4.98 Å². The summed E-state index contributed by atoms with van der Waals surface area (Å²) in [6, 6.07) is 6.68. The summed E-state index contributed by atoms with van der Waals surface area (Å²) in [7, 11) is 0. The normalized spacial score (nSPS) is 37.3. The van der Waals surface area contributed by atoms with Crippen molar-refractivity contribution < 1.29 is 9.84 Å². The highest BCUT2D eigenvalue weighted by Gasteiger charge is 2.59. The lowest BCUT2D eigenvalue weighted by Crippen LogP contribution is -2.50. The molecule has 0 radical (unpaired) electrons. The van der Waals surface area contributed by atoms with Crippen LogP contribution in [-0.4, -0.2) is 22.8 Å². The third kappa shape index (κ3) is 3.59. The number of fused-ring (bicyclic) bond motifs is 5. The largest absolute Gasteiger partial charge is 0.477 e. The second-order valence-electron chi connectivity index (χ2n) is 12.2. The zero-order valence-electron chi connectivity index (χ0n) is 21.8. The van der Waals surface area contributed by atoms with E-state index in [0.717, 1.165) is 54.3 Å².